The smallest absolute Gasteiger partial charge is 0.263 e. The van der Waals surface area contributed by atoms with Crippen molar-refractivity contribution >= 4 is 23.7 Å². The molecule has 0 fully saturated rings. The van der Waals surface area contributed by atoms with Gasteiger partial charge in [-0.15, -0.1) is 10.2 Å². The Labute approximate surface area is 211 Å². The van der Waals surface area contributed by atoms with Gasteiger partial charge in [0.2, 0.25) is 5.82 Å². The number of benzene rings is 3. The maximum Gasteiger partial charge on any atom is 0.263 e. The Kier molecular flexibility index (Phi) is 8.20. The highest BCUT2D eigenvalue weighted by Crippen LogP contribution is 2.29. The summed E-state index contributed by atoms with van der Waals surface area (Å²) in [6, 6.07) is 18.4. The second kappa shape index (κ2) is 11.9. The van der Waals surface area contributed by atoms with Gasteiger partial charge in [-0.2, -0.15) is 9.90 Å². The minimum absolute atomic E-state index is 0.171. The van der Waals surface area contributed by atoms with E-state index in [1.807, 2.05) is 13.0 Å². The first-order valence-electron chi connectivity index (χ1n) is 11.0. The van der Waals surface area contributed by atoms with Crippen LogP contribution in [0.2, 0.25) is 5.02 Å². The molecule has 0 spiro atoms. The maximum atomic E-state index is 13.1. The van der Waals surface area contributed by atoms with E-state index in [1.54, 1.807) is 48.5 Å². The number of carbonyl (C=O) groups is 1. The number of carbonyl (C=O) groups excluding carboxylic acids is 1. The van der Waals surface area contributed by atoms with Crippen molar-refractivity contribution in [2.24, 2.45) is 5.10 Å². The number of rotatable bonds is 10. The third kappa shape index (κ3) is 6.63. The Bertz CT molecular complexity index is 1360. The summed E-state index contributed by atoms with van der Waals surface area (Å²) in [6.07, 6.45) is 1.48. The Morgan fingerprint density at radius 2 is 1.92 bits per heavy atom. The van der Waals surface area contributed by atoms with E-state index in [9.17, 15) is 9.18 Å². The normalized spacial score (nSPS) is 11.0. The molecule has 1 aromatic heterocycles. The van der Waals surface area contributed by atoms with Crippen molar-refractivity contribution in [1.82, 2.24) is 25.6 Å². The van der Waals surface area contributed by atoms with Crippen LogP contribution < -0.4 is 14.9 Å². The van der Waals surface area contributed by atoms with E-state index in [0.717, 1.165) is 10.4 Å². The summed E-state index contributed by atoms with van der Waals surface area (Å²) in [6.45, 7) is 2.39. The van der Waals surface area contributed by atoms with Crippen LogP contribution in [0.5, 0.6) is 11.5 Å². The first-order chi connectivity index (χ1) is 17.5. The third-order valence-corrected chi connectivity index (χ3v) is 5.16. The van der Waals surface area contributed by atoms with Gasteiger partial charge >= 0.3 is 0 Å². The van der Waals surface area contributed by atoms with Gasteiger partial charge in [0.1, 0.15) is 19.0 Å². The number of hydrogen-bond donors (Lipinski definition) is 1. The highest BCUT2D eigenvalue weighted by Gasteiger charge is 2.11. The number of hydrogen-bond acceptors (Lipinski definition) is 7. The Hall–Kier alpha value is -4.31. The summed E-state index contributed by atoms with van der Waals surface area (Å²) in [5.41, 5.74) is 4.57. The Balaban J connectivity index is 1.34. The zero-order chi connectivity index (χ0) is 25.3. The van der Waals surface area contributed by atoms with Crippen LogP contribution in [0, 0.1) is 5.82 Å². The summed E-state index contributed by atoms with van der Waals surface area (Å²) in [5, 5.41) is 16.5. The SMILES string of the molecule is CCOc1cc(/C=N\NC(=O)Cn2nnc(-c3ccccc3Cl)n2)ccc1OCc1ccc(F)cc1. The molecule has 0 aliphatic rings. The molecular formula is C25H22ClFN6O3. The van der Waals surface area contributed by atoms with Gasteiger partial charge in [0.15, 0.2) is 11.5 Å². The van der Waals surface area contributed by atoms with Gasteiger partial charge in [0.05, 0.1) is 17.8 Å². The van der Waals surface area contributed by atoms with Crippen molar-refractivity contribution in [3.63, 3.8) is 0 Å². The molecule has 1 amide bonds. The molecule has 36 heavy (non-hydrogen) atoms. The van der Waals surface area contributed by atoms with Crippen LogP contribution in [0.15, 0.2) is 71.8 Å². The molecule has 0 radical (unpaired) electrons. The fraction of sp³-hybridized carbons (Fsp3) is 0.160. The van der Waals surface area contributed by atoms with Gasteiger partial charge in [0.25, 0.3) is 5.91 Å². The van der Waals surface area contributed by atoms with E-state index in [4.69, 9.17) is 21.1 Å². The maximum absolute atomic E-state index is 13.1. The summed E-state index contributed by atoms with van der Waals surface area (Å²) >= 11 is 6.15. The molecule has 4 aromatic rings. The average Bonchev–Trinajstić information content (AvgIpc) is 3.33. The lowest BCUT2D eigenvalue weighted by atomic mass is 10.2. The standard InChI is InChI=1S/C25H22ClFN6O3/c1-2-35-23-13-18(9-12-22(23)36-16-17-7-10-19(27)11-8-17)14-28-29-24(34)15-33-31-25(30-32-33)20-5-3-4-6-21(20)26/h3-14H,2,15-16H2,1H3,(H,29,34)/b28-14-. The second-order valence-electron chi connectivity index (χ2n) is 7.47. The van der Waals surface area contributed by atoms with Crippen LogP contribution in [0.4, 0.5) is 4.39 Å². The van der Waals surface area contributed by atoms with E-state index in [2.05, 4.69) is 25.9 Å². The van der Waals surface area contributed by atoms with E-state index in [0.29, 0.717) is 40.1 Å². The molecule has 0 unspecified atom stereocenters. The molecular weight excluding hydrogens is 487 g/mol. The molecule has 0 bridgehead atoms. The molecule has 1 heterocycles. The Morgan fingerprint density at radius 3 is 2.69 bits per heavy atom. The highest BCUT2D eigenvalue weighted by molar-refractivity contribution is 6.33. The Morgan fingerprint density at radius 1 is 1.11 bits per heavy atom. The van der Waals surface area contributed by atoms with Gasteiger partial charge < -0.3 is 9.47 Å². The number of amides is 1. The molecule has 0 aliphatic carbocycles. The molecule has 11 heteroatoms. The van der Waals surface area contributed by atoms with Gasteiger partial charge in [-0.05, 0) is 65.7 Å². The molecule has 9 nitrogen and oxygen atoms in total. The van der Waals surface area contributed by atoms with E-state index >= 15 is 0 Å². The lowest BCUT2D eigenvalue weighted by molar-refractivity contribution is -0.122. The van der Waals surface area contributed by atoms with Crippen LogP contribution >= 0.6 is 11.6 Å². The number of tetrazole rings is 1. The van der Waals surface area contributed by atoms with Crippen molar-refractivity contribution in [3.05, 3.63) is 88.7 Å². The van der Waals surface area contributed by atoms with Crippen LogP contribution in [0.1, 0.15) is 18.1 Å². The molecule has 3 aromatic carbocycles. The van der Waals surface area contributed by atoms with Crippen molar-refractivity contribution in [2.75, 3.05) is 6.61 Å². The molecule has 0 saturated carbocycles. The molecule has 0 aliphatic heterocycles. The topological polar surface area (TPSA) is 104 Å². The summed E-state index contributed by atoms with van der Waals surface area (Å²) in [7, 11) is 0. The summed E-state index contributed by atoms with van der Waals surface area (Å²) in [5.74, 6) is 0.646. The number of ether oxygens (including phenoxy) is 2. The van der Waals surface area contributed by atoms with Gasteiger partial charge in [0, 0.05) is 5.56 Å². The van der Waals surface area contributed by atoms with Gasteiger partial charge in [-0.1, -0.05) is 35.9 Å². The first kappa shape index (κ1) is 24.8. The minimum Gasteiger partial charge on any atom is -0.490 e. The number of nitrogens with one attached hydrogen (secondary N) is 1. The van der Waals surface area contributed by atoms with Crippen molar-refractivity contribution < 1.29 is 18.7 Å². The predicted molar refractivity (Wildman–Crippen MR) is 132 cm³/mol. The first-order valence-corrected chi connectivity index (χ1v) is 11.4. The minimum atomic E-state index is -0.432. The number of hydrazone groups is 1. The summed E-state index contributed by atoms with van der Waals surface area (Å²) in [4.78, 5) is 13.4. The second-order valence-corrected chi connectivity index (χ2v) is 7.88. The monoisotopic (exact) mass is 508 g/mol. The number of nitrogens with zero attached hydrogens (tertiary/aromatic N) is 5. The molecule has 0 saturated heterocycles. The largest absolute Gasteiger partial charge is 0.490 e. The van der Waals surface area contributed by atoms with Crippen LogP contribution in [-0.2, 0) is 17.9 Å². The number of halogens is 2. The number of aromatic nitrogens is 4. The van der Waals surface area contributed by atoms with E-state index in [1.165, 1.54) is 18.3 Å². The van der Waals surface area contributed by atoms with Crippen LogP contribution in [-0.4, -0.2) is 38.9 Å². The van der Waals surface area contributed by atoms with Crippen molar-refractivity contribution in [3.8, 4) is 22.9 Å². The van der Waals surface area contributed by atoms with E-state index in [-0.39, 0.29) is 19.0 Å². The van der Waals surface area contributed by atoms with Gasteiger partial charge in [-0.25, -0.2) is 9.82 Å². The van der Waals surface area contributed by atoms with Crippen LogP contribution in [0.3, 0.4) is 0 Å². The quantitative estimate of drug-likeness (QED) is 0.253. The zero-order valence-electron chi connectivity index (χ0n) is 19.3. The van der Waals surface area contributed by atoms with Crippen LogP contribution in [0.25, 0.3) is 11.4 Å². The third-order valence-electron chi connectivity index (χ3n) is 4.83. The predicted octanol–water partition coefficient (Wildman–Crippen LogP) is 4.26. The fourth-order valence-electron chi connectivity index (χ4n) is 3.14. The lowest BCUT2D eigenvalue weighted by Crippen LogP contribution is -2.24. The molecule has 4 rings (SSSR count). The molecule has 184 valence electrons. The lowest BCUT2D eigenvalue weighted by Gasteiger charge is -2.12. The summed E-state index contributed by atoms with van der Waals surface area (Å²) < 4.78 is 24.6. The molecule has 1 N–H and O–H groups in total. The fourth-order valence-corrected chi connectivity index (χ4v) is 3.36. The molecule has 0 atom stereocenters. The van der Waals surface area contributed by atoms with Gasteiger partial charge in [-0.3, -0.25) is 4.79 Å². The van der Waals surface area contributed by atoms with Crippen molar-refractivity contribution in [2.45, 2.75) is 20.1 Å². The van der Waals surface area contributed by atoms with Crippen molar-refractivity contribution in [1.29, 1.82) is 0 Å². The zero-order valence-corrected chi connectivity index (χ0v) is 20.0. The highest BCUT2D eigenvalue weighted by atomic mass is 35.5. The average molecular weight is 509 g/mol. The van der Waals surface area contributed by atoms with E-state index < -0.39 is 5.91 Å².